The number of carbonyl (C=O) groups excluding carboxylic acids is 3. The number of nitrogens with one attached hydrogen (secondary N) is 2. The summed E-state index contributed by atoms with van der Waals surface area (Å²) in [5.74, 6) is -4.93. The van der Waals surface area contributed by atoms with E-state index in [1.165, 1.54) is 7.05 Å². The highest BCUT2D eigenvalue weighted by molar-refractivity contribution is 6.43. The van der Waals surface area contributed by atoms with Gasteiger partial charge in [0.25, 0.3) is 11.7 Å². The first kappa shape index (κ1) is 21.8. The van der Waals surface area contributed by atoms with Crippen molar-refractivity contribution in [1.29, 1.82) is 0 Å². The molecule has 0 fully saturated rings. The molecule has 1 aromatic heterocycles. The van der Waals surface area contributed by atoms with Crippen LogP contribution in [0, 0.1) is 25.5 Å². The molecule has 31 heavy (non-hydrogen) atoms. The fourth-order valence-corrected chi connectivity index (χ4v) is 3.24. The number of hydrogen-bond donors (Lipinski definition) is 2. The molecule has 3 rings (SSSR count). The van der Waals surface area contributed by atoms with Gasteiger partial charge in [0.05, 0.1) is 22.6 Å². The fraction of sp³-hybridized carbons (Fsp3) is 0.182. The summed E-state index contributed by atoms with van der Waals surface area (Å²) in [6.07, 6.45) is 0. The Bertz CT molecular complexity index is 1160. The van der Waals surface area contributed by atoms with Gasteiger partial charge in [0.15, 0.2) is 11.6 Å². The number of hydrogen-bond acceptors (Lipinski definition) is 4. The van der Waals surface area contributed by atoms with E-state index in [0.29, 0.717) is 17.1 Å². The van der Waals surface area contributed by atoms with Gasteiger partial charge >= 0.3 is 0 Å². The first-order valence-electron chi connectivity index (χ1n) is 9.38. The van der Waals surface area contributed by atoms with Crippen LogP contribution in [0.4, 0.5) is 8.78 Å². The van der Waals surface area contributed by atoms with Gasteiger partial charge in [-0.25, -0.2) is 13.5 Å². The molecule has 160 valence electrons. The molecule has 0 radical (unpaired) electrons. The van der Waals surface area contributed by atoms with Crippen molar-refractivity contribution in [2.45, 2.75) is 19.9 Å². The first-order valence-corrected chi connectivity index (χ1v) is 9.38. The Kier molecular flexibility index (Phi) is 6.24. The van der Waals surface area contributed by atoms with Crippen molar-refractivity contribution in [2.75, 3.05) is 7.05 Å². The summed E-state index contributed by atoms with van der Waals surface area (Å²) < 4.78 is 28.4. The Morgan fingerprint density at radius 1 is 1.00 bits per heavy atom. The van der Waals surface area contributed by atoms with Gasteiger partial charge in [-0.2, -0.15) is 5.10 Å². The zero-order chi connectivity index (χ0) is 22.7. The molecule has 9 heteroatoms. The largest absolute Gasteiger partial charge is 0.357 e. The molecular weight excluding hydrogens is 406 g/mol. The quantitative estimate of drug-likeness (QED) is 0.468. The van der Waals surface area contributed by atoms with Crippen LogP contribution in [0.15, 0.2) is 48.5 Å². The highest BCUT2D eigenvalue weighted by Crippen LogP contribution is 2.20. The number of ketones is 1. The summed E-state index contributed by atoms with van der Waals surface area (Å²) in [7, 11) is 1.32. The summed E-state index contributed by atoms with van der Waals surface area (Å²) in [5.41, 5.74) is 1.60. The minimum Gasteiger partial charge on any atom is -0.357 e. The lowest BCUT2D eigenvalue weighted by atomic mass is 10.0. The molecule has 0 aliphatic carbocycles. The molecule has 0 aliphatic rings. The summed E-state index contributed by atoms with van der Waals surface area (Å²) in [4.78, 5) is 37.9. The second-order valence-electron chi connectivity index (χ2n) is 6.82. The van der Waals surface area contributed by atoms with E-state index in [9.17, 15) is 23.2 Å². The zero-order valence-corrected chi connectivity index (χ0v) is 17.1. The number of amides is 2. The van der Waals surface area contributed by atoms with E-state index in [2.05, 4.69) is 15.7 Å². The van der Waals surface area contributed by atoms with Crippen LogP contribution in [0.1, 0.15) is 33.4 Å². The van der Waals surface area contributed by atoms with Crippen LogP contribution < -0.4 is 10.6 Å². The van der Waals surface area contributed by atoms with Crippen molar-refractivity contribution < 1.29 is 23.2 Å². The van der Waals surface area contributed by atoms with Gasteiger partial charge in [0, 0.05) is 7.05 Å². The molecular formula is C22H20F2N4O3. The van der Waals surface area contributed by atoms with Crippen LogP contribution >= 0.6 is 0 Å². The summed E-state index contributed by atoms with van der Waals surface area (Å²) in [6.45, 7) is 3.25. The molecule has 0 saturated carbocycles. The summed E-state index contributed by atoms with van der Waals surface area (Å²) in [5, 5.41) is 8.98. The monoisotopic (exact) mass is 426 g/mol. The van der Waals surface area contributed by atoms with E-state index in [1.807, 2.05) is 18.2 Å². The molecule has 2 aromatic carbocycles. The van der Waals surface area contributed by atoms with Crippen molar-refractivity contribution >= 4 is 17.6 Å². The van der Waals surface area contributed by atoms with Gasteiger partial charge in [-0.1, -0.05) is 24.3 Å². The third kappa shape index (κ3) is 4.35. The molecule has 2 amide bonds. The number of Topliss-reactive ketones (excluding diaryl/α,β-unsaturated/α-hetero) is 1. The third-order valence-corrected chi connectivity index (χ3v) is 4.79. The van der Waals surface area contributed by atoms with E-state index in [1.54, 1.807) is 30.7 Å². The number of aromatic nitrogens is 2. The zero-order valence-electron chi connectivity index (χ0n) is 17.1. The number of para-hydroxylation sites is 1. The fourth-order valence-electron chi connectivity index (χ4n) is 3.24. The number of benzene rings is 2. The SMILES string of the molecule is CNC(=O)C(NC(=O)C(=O)c1c(C)nn(-c2ccccc2)c1C)c1ccc(F)c(F)c1. The van der Waals surface area contributed by atoms with Crippen LogP contribution in [-0.4, -0.2) is 34.4 Å². The Labute approximate surface area is 177 Å². The van der Waals surface area contributed by atoms with Gasteiger partial charge in [-0.05, 0) is 43.7 Å². The maximum absolute atomic E-state index is 13.6. The van der Waals surface area contributed by atoms with Crippen molar-refractivity contribution in [3.8, 4) is 5.69 Å². The van der Waals surface area contributed by atoms with Crippen LogP contribution in [0.2, 0.25) is 0 Å². The molecule has 1 atom stereocenters. The van der Waals surface area contributed by atoms with E-state index in [-0.39, 0.29) is 11.1 Å². The Morgan fingerprint density at radius 3 is 2.29 bits per heavy atom. The van der Waals surface area contributed by atoms with Gasteiger partial charge < -0.3 is 10.6 Å². The molecule has 0 spiro atoms. The smallest absolute Gasteiger partial charge is 0.293 e. The number of rotatable bonds is 6. The molecule has 0 saturated heterocycles. The Balaban J connectivity index is 1.91. The van der Waals surface area contributed by atoms with Crippen LogP contribution in [-0.2, 0) is 9.59 Å². The predicted molar refractivity (Wildman–Crippen MR) is 109 cm³/mol. The Hall–Kier alpha value is -3.88. The lowest BCUT2D eigenvalue weighted by Crippen LogP contribution is -2.42. The molecule has 7 nitrogen and oxygen atoms in total. The lowest BCUT2D eigenvalue weighted by molar-refractivity contribution is -0.127. The number of nitrogens with zero attached hydrogens (tertiary/aromatic N) is 2. The van der Waals surface area contributed by atoms with Crippen molar-refractivity contribution in [3.05, 3.63) is 82.7 Å². The van der Waals surface area contributed by atoms with Gasteiger partial charge in [-0.15, -0.1) is 0 Å². The van der Waals surface area contributed by atoms with Gasteiger partial charge in [0.1, 0.15) is 6.04 Å². The molecule has 1 heterocycles. The van der Waals surface area contributed by atoms with Crippen molar-refractivity contribution in [2.24, 2.45) is 0 Å². The van der Waals surface area contributed by atoms with Crippen LogP contribution in [0.3, 0.4) is 0 Å². The highest BCUT2D eigenvalue weighted by atomic mass is 19.2. The average Bonchev–Trinajstić information content (AvgIpc) is 3.07. The first-order chi connectivity index (χ1) is 14.7. The molecule has 1 unspecified atom stereocenters. The number of carbonyl (C=O) groups is 3. The van der Waals surface area contributed by atoms with E-state index in [4.69, 9.17) is 0 Å². The number of aryl methyl sites for hydroxylation is 1. The molecule has 2 N–H and O–H groups in total. The maximum Gasteiger partial charge on any atom is 0.293 e. The molecule has 0 aliphatic heterocycles. The standard InChI is InChI=1S/C22H20F2N4O3/c1-12-18(13(2)28(27-12)15-7-5-4-6-8-15)20(29)22(31)26-19(21(30)25-3)14-9-10-16(23)17(24)11-14/h4-11,19H,1-3H3,(H,25,30)(H,26,31). The van der Waals surface area contributed by atoms with E-state index >= 15 is 0 Å². The van der Waals surface area contributed by atoms with Crippen molar-refractivity contribution in [1.82, 2.24) is 20.4 Å². The average molecular weight is 426 g/mol. The second-order valence-corrected chi connectivity index (χ2v) is 6.82. The van der Waals surface area contributed by atoms with Crippen LogP contribution in [0.25, 0.3) is 5.69 Å². The van der Waals surface area contributed by atoms with Gasteiger partial charge in [-0.3, -0.25) is 14.4 Å². The Morgan fingerprint density at radius 2 is 1.68 bits per heavy atom. The highest BCUT2D eigenvalue weighted by Gasteiger charge is 2.30. The van der Waals surface area contributed by atoms with Crippen LogP contribution in [0.5, 0.6) is 0 Å². The summed E-state index contributed by atoms with van der Waals surface area (Å²) >= 11 is 0. The summed E-state index contributed by atoms with van der Waals surface area (Å²) in [6, 6.07) is 10.5. The number of halogens is 2. The third-order valence-electron chi connectivity index (χ3n) is 4.79. The topological polar surface area (TPSA) is 93.1 Å². The normalized spacial score (nSPS) is 11.6. The molecule has 0 bridgehead atoms. The van der Waals surface area contributed by atoms with E-state index < -0.39 is 35.3 Å². The minimum absolute atomic E-state index is 0.00664. The molecule has 3 aromatic rings. The second kappa shape index (κ2) is 8.86. The minimum atomic E-state index is -1.39. The van der Waals surface area contributed by atoms with Crippen molar-refractivity contribution in [3.63, 3.8) is 0 Å². The predicted octanol–water partition coefficient (Wildman–Crippen LogP) is 2.55. The van der Waals surface area contributed by atoms with Gasteiger partial charge in [0.2, 0.25) is 5.91 Å². The lowest BCUT2D eigenvalue weighted by Gasteiger charge is -2.17. The number of likely N-dealkylation sites (N-methyl/N-ethyl adjacent to an activating group) is 1. The maximum atomic E-state index is 13.6. The van der Waals surface area contributed by atoms with E-state index in [0.717, 1.165) is 18.2 Å².